The highest BCUT2D eigenvalue weighted by Crippen LogP contribution is 2.30. The van der Waals surface area contributed by atoms with E-state index in [2.05, 4.69) is 28.1 Å². The number of hydrogen-bond donors (Lipinski definition) is 0. The molecule has 0 amide bonds. The van der Waals surface area contributed by atoms with Crippen LogP contribution in [-0.4, -0.2) is 5.78 Å². The summed E-state index contributed by atoms with van der Waals surface area (Å²) in [6.07, 6.45) is 4.86. The van der Waals surface area contributed by atoms with E-state index in [1.165, 1.54) is 30.4 Å². The van der Waals surface area contributed by atoms with Gasteiger partial charge in [0.15, 0.2) is 5.78 Å². The lowest BCUT2D eigenvalue weighted by atomic mass is 9.92. The van der Waals surface area contributed by atoms with Gasteiger partial charge in [-0.3, -0.25) is 4.79 Å². The van der Waals surface area contributed by atoms with Crippen LogP contribution >= 0.6 is 15.9 Å². The van der Waals surface area contributed by atoms with Gasteiger partial charge in [-0.15, -0.1) is 0 Å². The van der Waals surface area contributed by atoms with Crippen LogP contribution in [-0.2, 0) is 12.8 Å². The predicted molar refractivity (Wildman–Crippen MR) is 87.3 cm³/mol. The Balaban J connectivity index is 1.83. The van der Waals surface area contributed by atoms with Crippen LogP contribution in [0.5, 0.6) is 11.5 Å². The van der Waals surface area contributed by atoms with Gasteiger partial charge in [0.1, 0.15) is 11.5 Å². The van der Waals surface area contributed by atoms with E-state index in [0.717, 1.165) is 22.4 Å². The summed E-state index contributed by atoms with van der Waals surface area (Å²) >= 11 is 3.42. The smallest absolute Gasteiger partial charge is 0.160 e. The average Bonchev–Trinajstić information content (AvgIpc) is 2.47. The second-order valence-electron chi connectivity index (χ2n) is 5.44. The topological polar surface area (TPSA) is 26.3 Å². The first-order chi connectivity index (χ1) is 10.1. The van der Waals surface area contributed by atoms with Crippen LogP contribution in [0.15, 0.2) is 40.9 Å². The van der Waals surface area contributed by atoms with Crippen molar-refractivity contribution in [3.05, 3.63) is 57.6 Å². The Morgan fingerprint density at radius 2 is 1.67 bits per heavy atom. The summed E-state index contributed by atoms with van der Waals surface area (Å²) in [7, 11) is 0. The number of ether oxygens (including phenoxy) is 1. The molecule has 0 unspecified atom stereocenters. The maximum atomic E-state index is 11.4. The van der Waals surface area contributed by atoms with Crippen molar-refractivity contribution in [2.24, 2.45) is 0 Å². The van der Waals surface area contributed by atoms with Crippen LogP contribution < -0.4 is 4.74 Å². The van der Waals surface area contributed by atoms with Crippen LogP contribution in [0, 0.1) is 0 Å². The number of carbonyl (C=O) groups is 1. The Labute approximate surface area is 133 Å². The number of rotatable bonds is 3. The summed E-state index contributed by atoms with van der Waals surface area (Å²) in [5.41, 5.74) is 3.52. The third-order valence-corrected chi connectivity index (χ3v) is 4.53. The summed E-state index contributed by atoms with van der Waals surface area (Å²) in [4.78, 5) is 11.4. The summed E-state index contributed by atoms with van der Waals surface area (Å²) in [6.45, 7) is 1.56. The van der Waals surface area contributed by atoms with Crippen molar-refractivity contribution >= 4 is 21.7 Å². The van der Waals surface area contributed by atoms with E-state index < -0.39 is 0 Å². The zero-order chi connectivity index (χ0) is 14.8. The number of aryl methyl sites for hydroxylation is 2. The molecule has 0 N–H and O–H groups in total. The zero-order valence-electron chi connectivity index (χ0n) is 12.0. The van der Waals surface area contributed by atoms with Gasteiger partial charge in [-0.2, -0.15) is 0 Å². The molecule has 108 valence electrons. The molecule has 1 aliphatic rings. The molecule has 0 saturated heterocycles. The number of halogens is 1. The molecule has 3 rings (SSSR count). The summed E-state index contributed by atoms with van der Waals surface area (Å²) < 4.78 is 6.69. The molecule has 0 atom stereocenters. The minimum absolute atomic E-state index is 0.0437. The summed E-state index contributed by atoms with van der Waals surface area (Å²) in [6, 6.07) is 11.8. The van der Waals surface area contributed by atoms with Gasteiger partial charge in [-0.1, -0.05) is 6.07 Å². The van der Waals surface area contributed by atoms with Crippen molar-refractivity contribution in [3.8, 4) is 11.5 Å². The molecule has 0 aliphatic heterocycles. The molecule has 0 fully saturated rings. The van der Waals surface area contributed by atoms with Crippen molar-refractivity contribution < 1.29 is 9.53 Å². The van der Waals surface area contributed by atoms with Gasteiger partial charge < -0.3 is 4.74 Å². The molecule has 0 saturated carbocycles. The Kier molecular flexibility index (Phi) is 4.11. The molecule has 0 spiro atoms. The highest BCUT2D eigenvalue weighted by Gasteiger charge is 2.11. The normalized spacial score (nSPS) is 13.6. The molecular weight excluding hydrogens is 328 g/mol. The first-order valence-electron chi connectivity index (χ1n) is 7.23. The lowest BCUT2D eigenvalue weighted by Crippen LogP contribution is -2.02. The second-order valence-corrected chi connectivity index (χ2v) is 6.29. The van der Waals surface area contributed by atoms with Crippen LogP contribution in [0.25, 0.3) is 0 Å². The second kappa shape index (κ2) is 6.02. The number of ketones is 1. The van der Waals surface area contributed by atoms with Crippen molar-refractivity contribution in [2.75, 3.05) is 0 Å². The maximum absolute atomic E-state index is 11.4. The third kappa shape index (κ3) is 3.18. The molecule has 21 heavy (non-hydrogen) atoms. The zero-order valence-corrected chi connectivity index (χ0v) is 13.6. The Bertz CT molecular complexity index is 692. The first-order valence-corrected chi connectivity index (χ1v) is 8.03. The molecule has 2 aromatic rings. The monoisotopic (exact) mass is 344 g/mol. The minimum Gasteiger partial charge on any atom is -0.457 e. The average molecular weight is 345 g/mol. The molecule has 2 aromatic carbocycles. The quantitative estimate of drug-likeness (QED) is 0.704. The van der Waals surface area contributed by atoms with Gasteiger partial charge in [0.25, 0.3) is 0 Å². The highest BCUT2D eigenvalue weighted by molar-refractivity contribution is 9.10. The molecule has 1 aliphatic carbocycles. The molecule has 0 radical (unpaired) electrons. The van der Waals surface area contributed by atoms with Crippen molar-refractivity contribution in [1.29, 1.82) is 0 Å². The van der Waals surface area contributed by atoms with E-state index in [0.29, 0.717) is 5.56 Å². The molecular formula is C18H17BrO2. The van der Waals surface area contributed by atoms with Crippen LogP contribution in [0.2, 0.25) is 0 Å². The number of benzene rings is 2. The molecule has 3 heteroatoms. The summed E-state index contributed by atoms with van der Waals surface area (Å²) in [5, 5.41) is 0. The van der Waals surface area contributed by atoms with E-state index in [9.17, 15) is 4.79 Å². The van der Waals surface area contributed by atoms with Gasteiger partial charge >= 0.3 is 0 Å². The van der Waals surface area contributed by atoms with Crippen molar-refractivity contribution in [2.45, 2.75) is 32.6 Å². The van der Waals surface area contributed by atoms with Crippen LogP contribution in [0.3, 0.4) is 0 Å². The van der Waals surface area contributed by atoms with E-state index >= 15 is 0 Å². The lowest BCUT2D eigenvalue weighted by Gasteiger charge is -2.17. The number of hydrogen-bond acceptors (Lipinski definition) is 2. The van der Waals surface area contributed by atoms with Crippen molar-refractivity contribution in [1.82, 2.24) is 0 Å². The van der Waals surface area contributed by atoms with E-state index in [-0.39, 0.29) is 5.78 Å². The Hall–Kier alpha value is -1.61. The molecule has 0 aromatic heterocycles. The largest absolute Gasteiger partial charge is 0.457 e. The fourth-order valence-electron chi connectivity index (χ4n) is 2.75. The van der Waals surface area contributed by atoms with Crippen LogP contribution in [0.4, 0.5) is 0 Å². The number of Topliss-reactive ketones (excluding diaryl/α,β-unsaturated/α-hetero) is 1. The fraction of sp³-hybridized carbons (Fsp3) is 0.278. The maximum Gasteiger partial charge on any atom is 0.160 e. The highest BCUT2D eigenvalue weighted by atomic mass is 79.9. The SMILES string of the molecule is CC(=O)c1ccc(Oc2ccc3c(c2)CCCC3)cc1Br. The van der Waals surface area contributed by atoms with Gasteiger partial charge in [0.2, 0.25) is 0 Å². The fourth-order valence-corrected chi connectivity index (χ4v) is 3.39. The lowest BCUT2D eigenvalue weighted by molar-refractivity contribution is 0.101. The standard InChI is InChI=1S/C18H17BrO2/c1-12(20)17-9-8-16(11-18(17)19)21-15-7-6-13-4-2-3-5-14(13)10-15/h6-11H,2-5H2,1H3. The summed E-state index contributed by atoms with van der Waals surface area (Å²) in [5.74, 6) is 1.64. The van der Waals surface area contributed by atoms with Gasteiger partial charge in [0, 0.05) is 10.0 Å². The molecule has 0 bridgehead atoms. The van der Waals surface area contributed by atoms with Gasteiger partial charge in [0.05, 0.1) is 0 Å². The first kappa shape index (κ1) is 14.3. The number of carbonyl (C=O) groups excluding carboxylic acids is 1. The van der Waals surface area contributed by atoms with E-state index in [1.54, 1.807) is 13.0 Å². The van der Waals surface area contributed by atoms with Crippen molar-refractivity contribution in [3.63, 3.8) is 0 Å². The van der Waals surface area contributed by atoms with Gasteiger partial charge in [-0.25, -0.2) is 0 Å². The van der Waals surface area contributed by atoms with E-state index in [4.69, 9.17) is 4.74 Å². The third-order valence-electron chi connectivity index (χ3n) is 3.88. The molecule has 0 heterocycles. The number of fused-ring (bicyclic) bond motifs is 1. The minimum atomic E-state index is 0.0437. The van der Waals surface area contributed by atoms with Gasteiger partial charge in [-0.05, 0) is 90.0 Å². The Morgan fingerprint density at radius 3 is 2.38 bits per heavy atom. The predicted octanol–water partition coefficient (Wildman–Crippen LogP) is 5.32. The molecule has 2 nitrogen and oxygen atoms in total. The van der Waals surface area contributed by atoms with E-state index in [1.807, 2.05) is 18.2 Å². The van der Waals surface area contributed by atoms with Crippen LogP contribution in [0.1, 0.15) is 41.3 Å². The Morgan fingerprint density at radius 1 is 1.00 bits per heavy atom.